The zero-order valence-corrected chi connectivity index (χ0v) is 15.9. The van der Waals surface area contributed by atoms with Crippen molar-refractivity contribution in [3.8, 4) is 16.9 Å². The molecule has 1 N–H and O–H groups in total. The quantitative estimate of drug-likeness (QED) is 0.495. The fourth-order valence-electron chi connectivity index (χ4n) is 3.05. The number of nitrogens with one attached hydrogen (secondary N) is 1. The van der Waals surface area contributed by atoms with E-state index in [2.05, 4.69) is 10.4 Å². The number of carbonyl (C=O) groups is 2. The molecule has 4 aromatic rings. The number of benzene rings is 3. The van der Waals surface area contributed by atoms with Gasteiger partial charge in [-0.05, 0) is 43.3 Å². The molecule has 142 valence electrons. The van der Waals surface area contributed by atoms with Gasteiger partial charge in [0.15, 0.2) is 5.78 Å². The van der Waals surface area contributed by atoms with Crippen molar-refractivity contribution in [1.29, 1.82) is 0 Å². The predicted molar refractivity (Wildman–Crippen MR) is 113 cm³/mol. The van der Waals surface area contributed by atoms with Gasteiger partial charge in [-0.25, -0.2) is 4.68 Å². The molecule has 1 aromatic heterocycles. The van der Waals surface area contributed by atoms with Crippen molar-refractivity contribution >= 4 is 17.4 Å². The third-order valence-electron chi connectivity index (χ3n) is 4.58. The highest BCUT2D eigenvalue weighted by Gasteiger charge is 2.19. The Balaban J connectivity index is 1.70. The molecule has 0 aliphatic rings. The van der Waals surface area contributed by atoms with E-state index in [0.717, 1.165) is 11.3 Å². The van der Waals surface area contributed by atoms with E-state index in [-0.39, 0.29) is 11.7 Å². The molecule has 3 aromatic carbocycles. The normalized spacial score (nSPS) is 10.5. The number of amides is 1. The Labute approximate surface area is 168 Å². The number of hydrogen-bond acceptors (Lipinski definition) is 3. The minimum Gasteiger partial charge on any atom is -0.322 e. The standard InChI is InChI=1S/C24H19N3O2/c1-17(28)18-12-14-20(15-13-18)25-24(29)22-16-27(21-10-6-3-7-11-21)26-23(22)19-8-4-2-5-9-19/h2-16H,1H3,(H,25,29). The Bertz CT molecular complexity index is 1150. The minimum absolute atomic E-state index is 0.0154. The molecule has 0 unspecified atom stereocenters. The largest absolute Gasteiger partial charge is 0.322 e. The first-order valence-corrected chi connectivity index (χ1v) is 9.25. The van der Waals surface area contributed by atoms with Gasteiger partial charge in [-0.15, -0.1) is 0 Å². The van der Waals surface area contributed by atoms with Gasteiger partial charge in [0.2, 0.25) is 0 Å². The number of Topliss-reactive ketones (excluding diaryl/α,β-unsaturated/α-hetero) is 1. The first kappa shape index (κ1) is 18.4. The van der Waals surface area contributed by atoms with Gasteiger partial charge in [-0.2, -0.15) is 5.10 Å². The van der Waals surface area contributed by atoms with E-state index in [4.69, 9.17) is 0 Å². The molecule has 5 nitrogen and oxygen atoms in total. The van der Waals surface area contributed by atoms with Crippen molar-refractivity contribution in [3.63, 3.8) is 0 Å². The number of rotatable bonds is 5. The maximum Gasteiger partial charge on any atom is 0.259 e. The Morgan fingerprint density at radius 3 is 2.07 bits per heavy atom. The van der Waals surface area contributed by atoms with Gasteiger partial charge in [-0.3, -0.25) is 9.59 Å². The highest BCUT2D eigenvalue weighted by atomic mass is 16.1. The summed E-state index contributed by atoms with van der Waals surface area (Å²) in [6, 6.07) is 26.1. The van der Waals surface area contributed by atoms with Gasteiger partial charge in [0.05, 0.1) is 11.3 Å². The summed E-state index contributed by atoms with van der Waals surface area (Å²) in [6.07, 6.45) is 1.73. The van der Waals surface area contributed by atoms with Crippen molar-refractivity contribution < 1.29 is 9.59 Å². The van der Waals surface area contributed by atoms with Crippen molar-refractivity contribution in [2.75, 3.05) is 5.32 Å². The second kappa shape index (κ2) is 7.94. The summed E-state index contributed by atoms with van der Waals surface area (Å²) in [5.74, 6) is -0.278. The van der Waals surface area contributed by atoms with E-state index < -0.39 is 0 Å². The molecule has 0 spiro atoms. The predicted octanol–water partition coefficient (Wildman–Crippen LogP) is 4.99. The molecule has 0 saturated heterocycles. The molecule has 0 radical (unpaired) electrons. The SMILES string of the molecule is CC(=O)c1ccc(NC(=O)c2cn(-c3ccccc3)nc2-c2ccccc2)cc1. The van der Waals surface area contributed by atoms with E-state index in [1.165, 1.54) is 6.92 Å². The van der Waals surface area contributed by atoms with Gasteiger partial charge >= 0.3 is 0 Å². The van der Waals surface area contributed by atoms with E-state index in [1.54, 1.807) is 35.1 Å². The van der Waals surface area contributed by atoms with Crippen LogP contribution in [0.15, 0.2) is 91.1 Å². The van der Waals surface area contributed by atoms with Crippen molar-refractivity contribution in [2.45, 2.75) is 6.92 Å². The molecule has 29 heavy (non-hydrogen) atoms. The fraction of sp³-hybridized carbons (Fsp3) is 0.0417. The van der Waals surface area contributed by atoms with Crippen LogP contribution in [-0.2, 0) is 0 Å². The Morgan fingerprint density at radius 1 is 0.828 bits per heavy atom. The first-order chi connectivity index (χ1) is 14.1. The van der Waals surface area contributed by atoms with Crippen LogP contribution in [0.3, 0.4) is 0 Å². The topological polar surface area (TPSA) is 64.0 Å². The molecular formula is C24H19N3O2. The summed E-state index contributed by atoms with van der Waals surface area (Å²) in [4.78, 5) is 24.5. The molecule has 0 fully saturated rings. The highest BCUT2D eigenvalue weighted by Crippen LogP contribution is 2.24. The number of ketones is 1. The van der Waals surface area contributed by atoms with Crippen LogP contribution < -0.4 is 5.32 Å². The van der Waals surface area contributed by atoms with E-state index in [1.807, 2.05) is 60.7 Å². The van der Waals surface area contributed by atoms with Crippen LogP contribution in [0.5, 0.6) is 0 Å². The number of para-hydroxylation sites is 1. The van der Waals surface area contributed by atoms with E-state index in [9.17, 15) is 9.59 Å². The molecule has 0 aliphatic carbocycles. The molecule has 1 amide bonds. The van der Waals surface area contributed by atoms with Gasteiger partial charge in [-0.1, -0.05) is 48.5 Å². The highest BCUT2D eigenvalue weighted by molar-refractivity contribution is 6.08. The van der Waals surface area contributed by atoms with Crippen LogP contribution in [0, 0.1) is 0 Å². The van der Waals surface area contributed by atoms with Crippen LogP contribution in [0.4, 0.5) is 5.69 Å². The van der Waals surface area contributed by atoms with Crippen molar-refractivity contribution in [2.24, 2.45) is 0 Å². The maximum atomic E-state index is 13.0. The van der Waals surface area contributed by atoms with Crippen LogP contribution in [0.1, 0.15) is 27.6 Å². The molecule has 1 heterocycles. The summed E-state index contributed by atoms with van der Waals surface area (Å²) >= 11 is 0. The zero-order valence-electron chi connectivity index (χ0n) is 15.9. The lowest BCUT2D eigenvalue weighted by atomic mass is 10.1. The number of aromatic nitrogens is 2. The van der Waals surface area contributed by atoms with E-state index in [0.29, 0.717) is 22.5 Å². The lowest BCUT2D eigenvalue weighted by molar-refractivity contribution is 0.101. The van der Waals surface area contributed by atoms with Gasteiger partial charge in [0.1, 0.15) is 5.69 Å². The zero-order chi connectivity index (χ0) is 20.2. The molecular weight excluding hydrogens is 362 g/mol. The molecule has 4 rings (SSSR count). The summed E-state index contributed by atoms with van der Waals surface area (Å²) in [7, 11) is 0. The molecule has 0 atom stereocenters. The Morgan fingerprint density at radius 2 is 1.45 bits per heavy atom. The lowest BCUT2D eigenvalue weighted by Gasteiger charge is -2.06. The second-order valence-corrected chi connectivity index (χ2v) is 6.63. The molecule has 0 saturated carbocycles. The first-order valence-electron chi connectivity index (χ1n) is 9.25. The summed E-state index contributed by atoms with van der Waals surface area (Å²) in [6.45, 7) is 1.51. The van der Waals surface area contributed by atoms with Crippen LogP contribution >= 0.6 is 0 Å². The molecule has 0 bridgehead atoms. The average molecular weight is 381 g/mol. The van der Waals surface area contributed by atoms with Gasteiger partial charge in [0, 0.05) is 23.0 Å². The lowest BCUT2D eigenvalue weighted by Crippen LogP contribution is -2.12. The summed E-state index contributed by atoms with van der Waals surface area (Å²) in [5.41, 5.74) is 4.02. The van der Waals surface area contributed by atoms with Crippen molar-refractivity contribution in [3.05, 3.63) is 102 Å². The van der Waals surface area contributed by atoms with E-state index >= 15 is 0 Å². The third kappa shape index (κ3) is 3.99. The van der Waals surface area contributed by atoms with Crippen LogP contribution in [-0.4, -0.2) is 21.5 Å². The Hall–Kier alpha value is -3.99. The number of hydrogen-bond donors (Lipinski definition) is 1. The number of anilines is 1. The van der Waals surface area contributed by atoms with Crippen LogP contribution in [0.2, 0.25) is 0 Å². The molecule has 0 aliphatic heterocycles. The third-order valence-corrected chi connectivity index (χ3v) is 4.58. The van der Waals surface area contributed by atoms with Crippen LogP contribution in [0.25, 0.3) is 16.9 Å². The monoisotopic (exact) mass is 381 g/mol. The maximum absolute atomic E-state index is 13.0. The summed E-state index contributed by atoms with van der Waals surface area (Å²) in [5, 5.41) is 7.56. The van der Waals surface area contributed by atoms with Gasteiger partial charge < -0.3 is 5.32 Å². The Kier molecular flexibility index (Phi) is 5.03. The summed E-state index contributed by atoms with van der Waals surface area (Å²) < 4.78 is 1.70. The number of carbonyl (C=O) groups excluding carboxylic acids is 2. The fourth-order valence-corrected chi connectivity index (χ4v) is 3.05. The minimum atomic E-state index is -0.262. The second-order valence-electron chi connectivity index (χ2n) is 6.63. The van der Waals surface area contributed by atoms with Gasteiger partial charge in [0.25, 0.3) is 5.91 Å². The average Bonchev–Trinajstić information content (AvgIpc) is 3.21. The number of nitrogens with zero attached hydrogens (tertiary/aromatic N) is 2. The van der Waals surface area contributed by atoms with Crippen molar-refractivity contribution in [1.82, 2.24) is 9.78 Å². The smallest absolute Gasteiger partial charge is 0.259 e. The molecule has 5 heteroatoms.